The van der Waals surface area contributed by atoms with Gasteiger partial charge in [0.1, 0.15) is 12.4 Å². The molecule has 0 saturated carbocycles. The normalized spacial score (nSPS) is 14.8. The Morgan fingerprint density at radius 1 is 1.24 bits per heavy atom. The van der Waals surface area contributed by atoms with Gasteiger partial charge in [0.15, 0.2) is 0 Å². The number of benzene rings is 2. The van der Waals surface area contributed by atoms with Gasteiger partial charge in [-0.05, 0) is 55.3 Å². The Hall–Kier alpha value is -2.04. The molecule has 0 aromatic heterocycles. The number of aryl methyl sites for hydroxylation is 1. The average Bonchev–Trinajstić information content (AvgIpc) is 2.54. The zero-order valence-corrected chi connectivity index (χ0v) is 15.4. The minimum atomic E-state index is 0. The maximum atomic E-state index is 12.3. The first kappa shape index (κ1) is 19.3. The van der Waals surface area contributed by atoms with Crippen molar-refractivity contribution in [3.63, 3.8) is 0 Å². The van der Waals surface area contributed by atoms with Gasteiger partial charge in [0.2, 0.25) is 5.91 Å². The molecule has 1 saturated heterocycles. The van der Waals surface area contributed by atoms with Gasteiger partial charge in [0.05, 0.1) is 0 Å². The number of rotatable bonds is 6. The topological polar surface area (TPSA) is 50.4 Å². The summed E-state index contributed by atoms with van der Waals surface area (Å²) in [6, 6.07) is 15.9. The van der Waals surface area contributed by atoms with Crippen LogP contribution in [0, 0.1) is 18.8 Å². The van der Waals surface area contributed by atoms with Crippen LogP contribution in [0.15, 0.2) is 48.5 Å². The van der Waals surface area contributed by atoms with Crippen LogP contribution in [0.1, 0.15) is 18.1 Å². The minimum absolute atomic E-state index is 0. The van der Waals surface area contributed by atoms with E-state index in [1.54, 1.807) is 0 Å². The molecule has 1 fully saturated rings. The molecule has 25 heavy (non-hydrogen) atoms. The van der Waals surface area contributed by atoms with Crippen LogP contribution in [0.5, 0.6) is 5.75 Å². The van der Waals surface area contributed by atoms with Gasteiger partial charge in [-0.25, -0.2) is 0 Å². The number of anilines is 1. The van der Waals surface area contributed by atoms with Crippen LogP contribution in [-0.2, 0) is 11.4 Å². The minimum Gasteiger partial charge on any atom is -0.489 e. The smallest absolute Gasteiger partial charge is 0.227 e. The average molecular weight is 361 g/mol. The van der Waals surface area contributed by atoms with Crippen molar-refractivity contribution in [3.8, 4) is 5.75 Å². The molecular weight excluding hydrogens is 336 g/mol. The highest BCUT2D eigenvalue weighted by Gasteiger charge is 2.28. The predicted octanol–water partition coefficient (Wildman–Crippen LogP) is 3.79. The largest absolute Gasteiger partial charge is 0.489 e. The van der Waals surface area contributed by atoms with Crippen molar-refractivity contribution >= 4 is 24.0 Å². The van der Waals surface area contributed by atoms with Gasteiger partial charge in [-0.2, -0.15) is 0 Å². The number of carbonyl (C=O) groups excluding carboxylic acids is 1. The van der Waals surface area contributed by atoms with Gasteiger partial charge in [-0.15, -0.1) is 12.4 Å². The van der Waals surface area contributed by atoms with Crippen LogP contribution in [0.25, 0.3) is 0 Å². The molecular formula is C20H25ClN2O2. The maximum Gasteiger partial charge on any atom is 0.227 e. The highest BCUT2D eigenvalue weighted by Crippen LogP contribution is 2.24. The third-order valence-corrected chi connectivity index (χ3v) is 4.64. The van der Waals surface area contributed by atoms with Gasteiger partial charge in [-0.3, -0.25) is 4.79 Å². The van der Waals surface area contributed by atoms with E-state index in [9.17, 15) is 4.79 Å². The number of hydrogen-bond acceptors (Lipinski definition) is 3. The van der Waals surface area contributed by atoms with Gasteiger partial charge < -0.3 is 15.4 Å². The van der Waals surface area contributed by atoms with E-state index >= 15 is 0 Å². The first-order valence-electron chi connectivity index (χ1n) is 8.42. The van der Waals surface area contributed by atoms with Gasteiger partial charge in [0.25, 0.3) is 0 Å². The number of nitrogens with one attached hydrogen (secondary N) is 2. The van der Waals surface area contributed by atoms with E-state index in [1.165, 1.54) is 0 Å². The molecule has 0 bridgehead atoms. The van der Waals surface area contributed by atoms with E-state index in [4.69, 9.17) is 4.74 Å². The SMILES string of the molecule is Cc1cc(OCc2ccccc2)ccc1NC(=O)C(C)C1CNC1.Cl. The summed E-state index contributed by atoms with van der Waals surface area (Å²) in [5.74, 6) is 1.37. The molecule has 1 amide bonds. The first-order valence-corrected chi connectivity index (χ1v) is 8.42. The number of amides is 1. The molecule has 0 spiro atoms. The fourth-order valence-electron chi connectivity index (χ4n) is 2.73. The Morgan fingerprint density at radius 3 is 2.56 bits per heavy atom. The molecule has 5 heteroatoms. The van der Waals surface area contributed by atoms with E-state index in [0.29, 0.717) is 12.5 Å². The number of hydrogen-bond donors (Lipinski definition) is 2. The lowest BCUT2D eigenvalue weighted by molar-refractivity contribution is -0.121. The highest BCUT2D eigenvalue weighted by molar-refractivity contribution is 5.93. The Kier molecular flexibility index (Phi) is 6.85. The summed E-state index contributed by atoms with van der Waals surface area (Å²) in [5.41, 5.74) is 2.99. The predicted molar refractivity (Wildman–Crippen MR) is 103 cm³/mol. The fraction of sp³-hybridized carbons (Fsp3) is 0.350. The summed E-state index contributed by atoms with van der Waals surface area (Å²) in [4.78, 5) is 12.3. The number of halogens is 1. The van der Waals surface area contributed by atoms with Crippen molar-refractivity contribution in [1.29, 1.82) is 0 Å². The summed E-state index contributed by atoms with van der Waals surface area (Å²) in [5, 5.41) is 6.25. The molecule has 2 N–H and O–H groups in total. The summed E-state index contributed by atoms with van der Waals surface area (Å²) >= 11 is 0. The standard InChI is InChI=1S/C20H24N2O2.ClH/c1-14-10-18(24-13-16-6-4-3-5-7-16)8-9-19(14)22-20(23)15(2)17-11-21-12-17;/h3-10,15,17,21H,11-13H2,1-2H3,(H,22,23);1H. The number of carbonyl (C=O) groups is 1. The van der Waals surface area contributed by atoms with Gasteiger partial charge in [-0.1, -0.05) is 37.3 Å². The lowest BCUT2D eigenvalue weighted by atomic mass is 9.88. The molecule has 1 atom stereocenters. The quantitative estimate of drug-likeness (QED) is 0.824. The zero-order valence-electron chi connectivity index (χ0n) is 14.6. The number of ether oxygens (including phenoxy) is 1. The molecule has 1 aliphatic rings. The van der Waals surface area contributed by atoms with E-state index in [-0.39, 0.29) is 24.2 Å². The summed E-state index contributed by atoms with van der Waals surface area (Å²) in [6.45, 7) is 6.38. The zero-order chi connectivity index (χ0) is 16.9. The van der Waals surface area contributed by atoms with E-state index in [2.05, 4.69) is 10.6 Å². The molecule has 1 heterocycles. The molecule has 134 valence electrons. The molecule has 2 aromatic rings. The van der Waals surface area contributed by atoms with Gasteiger partial charge >= 0.3 is 0 Å². The molecule has 2 aromatic carbocycles. The van der Waals surface area contributed by atoms with Crippen LogP contribution >= 0.6 is 12.4 Å². The molecule has 4 nitrogen and oxygen atoms in total. The molecule has 0 radical (unpaired) electrons. The highest BCUT2D eigenvalue weighted by atomic mass is 35.5. The van der Waals surface area contributed by atoms with Crippen molar-refractivity contribution in [2.75, 3.05) is 18.4 Å². The van der Waals surface area contributed by atoms with Crippen LogP contribution in [0.2, 0.25) is 0 Å². The second-order valence-corrected chi connectivity index (χ2v) is 6.45. The van der Waals surface area contributed by atoms with Crippen molar-refractivity contribution < 1.29 is 9.53 Å². The van der Waals surface area contributed by atoms with Crippen LogP contribution < -0.4 is 15.4 Å². The van der Waals surface area contributed by atoms with E-state index in [0.717, 1.165) is 35.7 Å². The lowest BCUT2D eigenvalue weighted by Crippen LogP contribution is -2.48. The second kappa shape index (κ2) is 8.88. The molecule has 3 rings (SSSR count). The molecule has 1 aliphatic heterocycles. The van der Waals surface area contributed by atoms with E-state index in [1.807, 2.05) is 62.4 Å². The maximum absolute atomic E-state index is 12.3. The van der Waals surface area contributed by atoms with Crippen molar-refractivity contribution in [2.45, 2.75) is 20.5 Å². The Morgan fingerprint density at radius 2 is 1.96 bits per heavy atom. The second-order valence-electron chi connectivity index (χ2n) is 6.45. The summed E-state index contributed by atoms with van der Waals surface area (Å²) < 4.78 is 5.82. The summed E-state index contributed by atoms with van der Waals surface area (Å²) in [6.07, 6.45) is 0. The third-order valence-electron chi connectivity index (χ3n) is 4.64. The van der Waals surface area contributed by atoms with E-state index < -0.39 is 0 Å². The fourth-order valence-corrected chi connectivity index (χ4v) is 2.73. The Bertz CT molecular complexity index is 702. The Balaban J connectivity index is 0.00000225. The lowest BCUT2D eigenvalue weighted by Gasteiger charge is -2.31. The monoisotopic (exact) mass is 360 g/mol. The molecule has 0 aliphatic carbocycles. The molecule has 1 unspecified atom stereocenters. The van der Waals surface area contributed by atoms with Gasteiger partial charge in [0, 0.05) is 11.6 Å². The first-order chi connectivity index (χ1) is 11.6. The van der Waals surface area contributed by atoms with Crippen molar-refractivity contribution in [2.24, 2.45) is 11.8 Å². The third kappa shape index (κ3) is 4.97. The van der Waals surface area contributed by atoms with Crippen LogP contribution in [-0.4, -0.2) is 19.0 Å². The van der Waals surface area contributed by atoms with Crippen molar-refractivity contribution in [3.05, 3.63) is 59.7 Å². The Labute approximate surface area is 155 Å². The van der Waals surface area contributed by atoms with Crippen LogP contribution in [0.4, 0.5) is 5.69 Å². The van der Waals surface area contributed by atoms with Crippen LogP contribution in [0.3, 0.4) is 0 Å². The van der Waals surface area contributed by atoms with Crippen molar-refractivity contribution in [1.82, 2.24) is 5.32 Å². The summed E-state index contributed by atoms with van der Waals surface area (Å²) in [7, 11) is 0.